The van der Waals surface area contributed by atoms with E-state index in [9.17, 15) is 19.8 Å². The van der Waals surface area contributed by atoms with Gasteiger partial charge in [0.05, 0.1) is 11.1 Å². The topological polar surface area (TPSA) is 83.8 Å². The van der Waals surface area contributed by atoms with Gasteiger partial charge in [0.1, 0.15) is 12.4 Å². The lowest BCUT2D eigenvalue weighted by molar-refractivity contribution is 0.0692. The Labute approximate surface area is 166 Å². The minimum atomic E-state index is -1.21. The molecular formula is C22H17ClO5. The number of ether oxygens (including phenoxy) is 1. The number of carbonyl (C=O) groups is 2. The van der Waals surface area contributed by atoms with Crippen LogP contribution in [-0.4, -0.2) is 22.2 Å². The summed E-state index contributed by atoms with van der Waals surface area (Å²) >= 11 is 5.86. The molecule has 0 aromatic heterocycles. The van der Waals surface area contributed by atoms with Gasteiger partial charge >= 0.3 is 11.9 Å². The summed E-state index contributed by atoms with van der Waals surface area (Å²) in [6.45, 7) is 1.50. The largest absolute Gasteiger partial charge is 0.489 e. The highest BCUT2D eigenvalue weighted by Crippen LogP contribution is 2.33. The van der Waals surface area contributed by atoms with Crippen LogP contribution in [0.25, 0.3) is 11.1 Å². The predicted octanol–water partition coefficient (Wildman–Crippen LogP) is 5.29. The van der Waals surface area contributed by atoms with Crippen LogP contribution in [0.15, 0.2) is 60.7 Å². The molecule has 0 saturated carbocycles. The van der Waals surface area contributed by atoms with E-state index in [0.717, 1.165) is 0 Å². The molecule has 5 nitrogen and oxygen atoms in total. The first kappa shape index (κ1) is 19.5. The van der Waals surface area contributed by atoms with Crippen LogP contribution in [0.5, 0.6) is 5.75 Å². The third-order valence-electron chi connectivity index (χ3n) is 4.34. The van der Waals surface area contributed by atoms with E-state index >= 15 is 0 Å². The Hall–Kier alpha value is -3.31. The van der Waals surface area contributed by atoms with E-state index in [-0.39, 0.29) is 23.3 Å². The molecule has 0 spiro atoms. The van der Waals surface area contributed by atoms with Gasteiger partial charge in [-0.15, -0.1) is 0 Å². The highest BCUT2D eigenvalue weighted by molar-refractivity contribution is 6.30. The number of aromatic carboxylic acids is 2. The highest BCUT2D eigenvalue weighted by atomic mass is 35.5. The molecule has 142 valence electrons. The zero-order valence-corrected chi connectivity index (χ0v) is 15.7. The molecule has 0 unspecified atom stereocenters. The van der Waals surface area contributed by atoms with Gasteiger partial charge in [0.15, 0.2) is 0 Å². The lowest BCUT2D eigenvalue weighted by Gasteiger charge is -2.18. The zero-order valence-electron chi connectivity index (χ0n) is 15.0. The molecule has 3 rings (SSSR count). The molecule has 0 saturated heterocycles. The van der Waals surface area contributed by atoms with Gasteiger partial charge in [0.25, 0.3) is 0 Å². The van der Waals surface area contributed by atoms with Crippen LogP contribution < -0.4 is 4.74 Å². The van der Waals surface area contributed by atoms with Crippen molar-refractivity contribution >= 4 is 23.5 Å². The van der Waals surface area contributed by atoms with E-state index in [4.69, 9.17) is 16.3 Å². The van der Waals surface area contributed by atoms with Crippen molar-refractivity contribution in [1.82, 2.24) is 0 Å². The first-order chi connectivity index (χ1) is 13.4. The quantitative estimate of drug-likeness (QED) is 0.591. The number of halogens is 1. The maximum atomic E-state index is 12.1. The molecule has 0 aliphatic rings. The second-order valence-corrected chi connectivity index (χ2v) is 6.62. The smallest absolute Gasteiger partial charge is 0.336 e. The number of aryl methyl sites for hydroxylation is 1. The van der Waals surface area contributed by atoms with E-state index in [1.807, 2.05) is 6.07 Å². The van der Waals surface area contributed by atoms with Crippen LogP contribution in [0, 0.1) is 6.92 Å². The van der Waals surface area contributed by atoms with Gasteiger partial charge in [-0.05, 0) is 53.9 Å². The summed E-state index contributed by atoms with van der Waals surface area (Å²) in [4.78, 5) is 23.9. The van der Waals surface area contributed by atoms with Gasteiger partial charge in [0.2, 0.25) is 0 Å². The van der Waals surface area contributed by atoms with E-state index in [1.54, 1.807) is 55.5 Å². The van der Waals surface area contributed by atoms with Crippen LogP contribution in [-0.2, 0) is 6.61 Å². The molecule has 3 aromatic rings. The molecular weight excluding hydrogens is 380 g/mol. The monoisotopic (exact) mass is 396 g/mol. The summed E-state index contributed by atoms with van der Waals surface area (Å²) in [5.74, 6) is -1.96. The van der Waals surface area contributed by atoms with Crippen LogP contribution in [0.2, 0.25) is 5.02 Å². The summed E-state index contributed by atoms with van der Waals surface area (Å²) in [6, 6.07) is 17.0. The first-order valence-corrected chi connectivity index (χ1v) is 8.83. The Morgan fingerprint density at radius 1 is 0.964 bits per heavy atom. The fraction of sp³-hybridized carbons (Fsp3) is 0.0909. The van der Waals surface area contributed by atoms with E-state index in [1.165, 1.54) is 6.07 Å². The second kappa shape index (κ2) is 8.15. The van der Waals surface area contributed by atoms with Crippen LogP contribution >= 0.6 is 11.6 Å². The molecule has 3 aromatic carbocycles. The van der Waals surface area contributed by atoms with Crippen LogP contribution in [0.1, 0.15) is 31.8 Å². The van der Waals surface area contributed by atoms with Gasteiger partial charge in [-0.25, -0.2) is 9.59 Å². The molecule has 28 heavy (non-hydrogen) atoms. The number of rotatable bonds is 6. The molecule has 0 amide bonds. The van der Waals surface area contributed by atoms with Crippen molar-refractivity contribution in [2.75, 3.05) is 0 Å². The lowest BCUT2D eigenvalue weighted by Crippen LogP contribution is -2.15. The van der Waals surface area contributed by atoms with Crippen molar-refractivity contribution in [3.05, 3.63) is 87.9 Å². The molecule has 0 bridgehead atoms. The van der Waals surface area contributed by atoms with E-state index in [2.05, 4.69) is 0 Å². The van der Waals surface area contributed by atoms with Crippen molar-refractivity contribution in [2.24, 2.45) is 0 Å². The predicted molar refractivity (Wildman–Crippen MR) is 106 cm³/mol. The summed E-state index contributed by atoms with van der Waals surface area (Å²) in [6.07, 6.45) is 0. The molecule has 0 aliphatic carbocycles. The summed E-state index contributed by atoms with van der Waals surface area (Å²) in [7, 11) is 0. The van der Waals surface area contributed by atoms with Crippen molar-refractivity contribution < 1.29 is 24.5 Å². The molecule has 0 fully saturated rings. The molecule has 0 aliphatic heterocycles. The van der Waals surface area contributed by atoms with Gasteiger partial charge < -0.3 is 14.9 Å². The summed E-state index contributed by atoms with van der Waals surface area (Å²) in [5, 5.41) is 20.1. The maximum Gasteiger partial charge on any atom is 0.336 e. The van der Waals surface area contributed by atoms with Crippen molar-refractivity contribution in [1.29, 1.82) is 0 Å². The number of hydrogen-bond acceptors (Lipinski definition) is 3. The molecule has 6 heteroatoms. The summed E-state index contributed by atoms with van der Waals surface area (Å²) in [5.41, 5.74) is 1.69. The first-order valence-electron chi connectivity index (χ1n) is 8.45. The molecule has 0 radical (unpaired) electrons. The number of carboxylic acid groups (broad SMARTS) is 2. The minimum Gasteiger partial charge on any atom is -0.489 e. The third kappa shape index (κ3) is 4.00. The third-order valence-corrected chi connectivity index (χ3v) is 4.59. The maximum absolute atomic E-state index is 12.1. The lowest BCUT2D eigenvalue weighted by atomic mass is 9.88. The zero-order chi connectivity index (χ0) is 20.3. The average Bonchev–Trinajstić information content (AvgIpc) is 2.67. The number of hydrogen-bond donors (Lipinski definition) is 2. The van der Waals surface area contributed by atoms with Gasteiger partial charge in [-0.2, -0.15) is 0 Å². The van der Waals surface area contributed by atoms with Gasteiger partial charge in [-0.1, -0.05) is 41.9 Å². The van der Waals surface area contributed by atoms with E-state index in [0.29, 0.717) is 27.5 Å². The Kier molecular flexibility index (Phi) is 5.66. The fourth-order valence-electron chi connectivity index (χ4n) is 3.10. The van der Waals surface area contributed by atoms with Crippen molar-refractivity contribution in [3.63, 3.8) is 0 Å². The molecule has 0 heterocycles. The van der Waals surface area contributed by atoms with Crippen LogP contribution in [0.3, 0.4) is 0 Å². The molecule has 2 N–H and O–H groups in total. The fourth-order valence-corrected chi connectivity index (χ4v) is 3.22. The number of benzene rings is 3. The normalized spacial score (nSPS) is 10.5. The Balaban J connectivity index is 2.16. The average molecular weight is 397 g/mol. The Morgan fingerprint density at radius 3 is 2.18 bits per heavy atom. The van der Waals surface area contributed by atoms with Crippen LogP contribution in [0.4, 0.5) is 0 Å². The highest BCUT2D eigenvalue weighted by Gasteiger charge is 2.25. The van der Waals surface area contributed by atoms with Crippen molar-refractivity contribution in [3.8, 4) is 16.9 Å². The Morgan fingerprint density at radius 2 is 1.61 bits per heavy atom. The molecule has 0 atom stereocenters. The minimum absolute atomic E-state index is 0.0717. The van der Waals surface area contributed by atoms with Gasteiger partial charge in [-0.3, -0.25) is 0 Å². The number of carboxylic acids is 2. The summed E-state index contributed by atoms with van der Waals surface area (Å²) < 4.78 is 5.67. The second-order valence-electron chi connectivity index (χ2n) is 6.19. The SMILES string of the molecule is Cc1cc(C(=O)O)c(COc2ccc(Cl)cc2)c(C(=O)O)c1-c1ccccc1. The standard InChI is InChI=1S/C22H17ClO5/c1-13-11-17(21(24)25)18(12-28-16-9-7-15(23)8-10-16)20(22(26)27)19(13)14-5-3-2-4-6-14/h2-11H,12H2,1H3,(H,24,25)(H,26,27). The Bertz CT molecular complexity index is 1030. The van der Waals surface area contributed by atoms with Gasteiger partial charge in [0, 0.05) is 10.6 Å². The van der Waals surface area contributed by atoms with E-state index < -0.39 is 11.9 Å². The van der Waals surface area contributed by atoms with Crippen molar-refractivity contribution in [2.45, 2.75) is 13.5 Å².